The molecule has 0 radical (unpaired) electrons. The van der Waals surface area contributed by atoms with E-state index in [1.165, 1.54) is 0 Å². The fourth-order valence-corrected chi connectivity index (χ4v) is 3.81. The van der Waals surface area contributed by atoms with E-state index in [0.29, 0.717) is 17.2 Å². The number of nitrogens with zero attached hydrogens (tertiary/aromatic N) is 3. The number of carboxylic acid groups (broad SMARTS) is 1. The number of fused-ring (bicyclic) bond motifs is 1. The first-order valence-corrected chi connectivity index (χ1v) is 8.67. The summed E-state index contributed by atoms with van der Waals surface area (Å²) < 4.78 is 5.46. The number of ether oxygens (including phenoxy) is 1. The van der Waals surface area contributed by atoms with Gasteiger partial charge in [-0.1, -0.05) is 0 Å². The minimum atomic E-state index is -0.909. The van der Waals surface area contributed by atoms with E-state index in [1.54, 1.807) is 24.5 Å². The van der Waals surface area contributed by atoms with Crippen LogP contribution >= 0.6 is 0 Å². The summed E-state index contributed by atoms with van der Waals surface area (Å²) in [6.07, 6.45) is 7.02. The van der Waals surface area contributed by atoms with Crippen molar-refractivity contribution in [3.05, 3.63) is 47.4 Å². The first-order chi connectivity index (χ1) is 12.2. The van der Waals surface area contributed by atoms with Gasteiger partial charge >= 0.3 is 5.97 Å². The molecule has 2 aromatic heterocycles. The second-order valence-corrected chi connectivity index (χ2v) is 6.74. The highest BCUT2D eigenvalue weighted by molar-refractivity contribution is 5.96. The third kappa shape index (κ3) is 3.27. The zero-order valence-electron chi connectivity index (χ0n) is 14.0. The molecule has 2 aliphatic rings. The van der Waals surface area contributed by atoms with Gasteiger partial charge in [-0.2, -0.15) is 0 Å². The third-order valence-corrected chi connectivity index (χ3v) is 5.06. The highest BCUT2D eigenvalue weighted by atomic mass is 16.5. The van der Waals surface area contributed by atoms with E-state index in [2.05, 4.69) is 14.9 Å². The average Bonchev–Trinajstić information content (AvgIpc) is 3.14. The van der Waals surface area contributed by atoms with E-state index in [9.17, 15) is 9.90 Å². The van der Waals surface area contributed by atoms with Gasteiger partial charge in [-0.25, -0.2) is 4.79 Å². The summed E-state index contributed by atoms with van der Waals surface area (Å²) in [5, 5.41) is 9.79. The molecule has 0 saturated carbocycles. The van der Waals surface area contributed by atoms with Crippen molar-refractivity contribution in [1.82, 2.24) is 14.9 Å². The molecule has 4 rings (SSSR count). The molecule has 0 bridgehead atoms. The van der Waals surface area contributed by atoms with Gasteiger partial charge in [0.25, 0.3) is 0 Å². The Morgan fingerprint density at radius 1 is 1.36 bits per heavy atom. The minimum absolute atomic E-state index is 0.340. The van der Waals surface area contributed by atoms with Crippen LogP contribution in [-0.4, -0.2) is 52.2 Å². The second-order valence-electron chi connectivity index (χ2n) is 6.74. The molecule has 6 nitrogen and oxygen atoms in total. The molecule has 1 atom stereocenters. The molecule has 0 unspecified atom stereocenters. The van der Waals surface area contributed by atoms with Crippen LogP contribution in [0.15, 0.2) is 30.7 Å². The lowest BCUT2D eigenvalue weighted by Crippen LogP contribution is -2.35. The summed E-state index contributed by atoms with van der Waals surface area (Å²) in [4.78, 5) is 22.8. The van der Waals surface area contributed by atoms with Crippen LogP contribution in [0.1, 0.15) is 27.9 Å². The molecule has 6 heteroatoms. The van der Waals surface area contributed by atoms with E-state index in [-0.39, 0.29) is 0 Å². The molecule has 0 aromatic carbocycles. The molecule has 2 aliphatic heterocycles. The summed E-state index contributed by atoms with van der Waals surface area (Å²) in [5.74, 6) is -0.321. The van der Waals surface area contributed by atoms with Crippen LogP contribution in [-0.2, 0) is 17.7 Å². The zero-order valence-corrected chi connectivity index (χ0v) is 14.0. The predicted octanol–water partition coefficient (Wildman–Crippen LogP) is 2.24. The number of rotatable bonds is 4. The van der Waals surface area contributed by atoms with Gasteiger partial charge in [-0.3, -0.25) is 14.9 Å². The van der Waals surface area contributed by atoms with Gasteiger partial charge in [0, 0.05) is 50.4 Å². The molecule has 0 amide bonds. The fourth-order valence-electron chi connectivity index (χ4n) is 3.81. The van der Waals surface area contributed by atoms with Gasteiger partial charge in [0.2, 0.25) is 0 Å². The minimum Gasteiger partial charge on any atom is -0.478 e. The number of carboxylic acids is 1. The Balaban J connectivity index is 1.64. The first kappa shape index (κ1) is 16.2. The first-order valence-electron chi connectivity index (χ1n) is 8.67. The SMILES string of the molecule is O=C(O)c1c(-c2ccncc2)ncc2c1CCN(C[C@@H]1CCOC1)C2. The van der Waals surface area contributed by atoms with E-state index >= 15 is 0 Å². The maximum absolute atomic E-state index is 11.9. The van der Waals surface area contributed by atoms with Crippen LogP contribution in [0.4, 0.5) is 0 Å². The second kappa shape index (κ2) is 6.90. The number of hydrogen-bond donors (Lipinski definition) is 1. The Labute approximate surface area is 146 Å². The number of carbonyl (C=O) groups is 1. The van der Waals surface area contributed by atoms with Crippen molar-refractivity contribution in [3.63, 3.8) is 0 Å². The number of hydrogen-bond acceptors (Lipinski definition) is 5. The molecule has 1 N–H and O–H groups in total. The van der Waals surface area contributed by atoms with Crippen LogP contribution in [0.25, 0.3) is 11.3 Å². The summed E-state index contributed by atoms with van der Waals surface area (Å²) in [6, 6.07) is 3.60. The summed E-state index contributed by atoms with van der Waals surface area (Å²) in [6.45, 7) is 4.34. The maximum atomic E-state index is 11.9. The molecule has 4 heterocycles. The van der Waals surface area contributed by atoms with Crippen molar-refractivity contribution in [2.24, 2.45) is 5.92 Å². The van der Waals surface area contributed by atoms with Crippen LogP contribution in [0.5, 0.6) is 0 Å². The lowest BCUT2D eigenvalue weighted by Gasteiger charge is -2.31. The molecule has 130 valence electrons. The van der Waals surface area contributed by atoms with Crippen LogP contribution in [0, 0.1) is 5.92 Å². The third-order valence-electron chi connectivity index (χ3n) is 5.06. The molecule has 0 aliphatic carbocycles. The number of aromatic nitrogens is 2. The molecular formula is C19H21N3O3. The molecule has 1 fully saturated rings. The van der Waals surface area contributed by atoms with Gasteiger partial charge in [-0.05, 0) is 42.0 Å². The monoisotopic (exact) mass is 339 g/mol. The lowest BCUT2D eigenvalue weighted by molar-refractivity contribution is 0.0695. The zero-order chi connectivity index (χ0) is 17.2. The molecule has 2 aromatic rings. The average molecular weight is 339 g/mol. The van der Waals surface area contributed by atoms with Crippen molar-refractivity contribution >= 4 is 5.97 Å². The smallest absolute Gasteiger partial charge is 0.338 e. The topological polar surface area (TPSA) is 75.5 Å². The predicted molar refractivity (Wildman–Crippen MR) is 92.3 cm³/mol. The molecule has 25 heavy (non-hydrogen) atoms. The van der Waals surface area contributed by atoms with Crippen LogP contribution < -0.4 is 0 Å². The number of pyridine rings is 2. The summed E-state index contributed by atoms with van der Waals surface area (Å²) in [5.41, 5.74) is 3.62. The Bertz CT molecular complexity index is 773. The number of aromatic carboxylic acids is 1. The van der Waals surface area contributed by atoms with Crippen molar-refractivity contribution in [1.29, 1.82) is 0 Å². The Kier molecular flexibility index (Phi) is 4.46. The molecule has 0 spiro atoms. The summed E-state index contributed by atoms with van der Waals surface area (Å²) >= 11 is 0. The maximum Gasteiger partial charge on any atom is 0.338 e. The van der Waals surface area contributed by atoms with Crippen LogP contribution in [0.3, 0.4) is 0 Å². The highest BCUT2D eigenvalue weighted by Crippen LogP contribution is 2.30. The van der Waals surface area contributed by atoms with Gasteiger partial charge in [0.15, 0.2) is 0 Å². The van der Waals surface area contributed by atoms with Crippen molar-refractivity contribution in [2.45, 2.75) is 19.4 Å². The van der Waals surface area contributed by atoms with Crippen molar-refractivity contribution in [3.8, 4) is 11.3 Å². The quantitative estimate of drug-likeness (QED) is 0.921. The van der Waals surface area contributed by atoms with Gasteiger partial charge < -0.3 is 9.84 Å². The highest BCUT2D eigenvalue weighted by Gasteiger charge is 2.27. The fraction of sp³-hybridized carbons (Fsp3) is 0.421. The van der Waals surface area contributed by atoms with Gasteiger partial charge in [-0.15, -0.1) is 0 Å². The van der Waals surface area contributed by atoms with Gasteiger partial charge in [0.05, 0.1) is 17.9 Å². The largest absolute Gasteiger partial charge is 0.478 e. The van der Waals surface area contributed by atoms with Crippen molar-refractivity contribution < 1.29 is 14.6 Å². The van der Waals surface area contributed by atoms with E-state index < -0.39 is 5.97 Å². The molecule has 1 saturated heterocycles. The Morgan fingerprint density at radius 3 is 2.92 bits per heavy atom. The van der Waals surface area contributed by atoms with E-state index in [4.69, 9.17) is 4.74 Å². The Morgan fingerprint density at radius 2 is 2.20 bits per heavy atom. The van der Waals surface area contributed by atoms with Crippen LogP contribution in [0.2, 0.25) is 0 Å². The van der Waals surface area contributed by atoms with Crippen molar-refractivity contribution in [2.75, 3.05) is 26.3 Å². The lowest BCUT2D eigenvalue weighted by atomic mass is 9.92. The van der Waals surface area contributed by atoms with Gasteiger partial charge in [0.1, 0.15) is 0 Å². The summed E-state index contributed by atoms with van der Waals surface area (Å²) in [7, 11) is 0. The Hall–Kier alpha value is -2.31. The standard InChI is InChI=1S/C19H21N3O3/c23-19(24)17-16-3-7-22(10-13-4-8-25-12-13)11-15(16)9-21-18(17)14-1-5-20-6-2-14/h1-2,5-6,9,13H,3-4,7-8,10-12H2,(H,23,24)/t13-/m0/s1. The van der Waals surface area contributed by atoms with E-state index in [0.717, 1.165) is 62.4 Å². The normalized spacial score (nSPS) is 20.4. The van der Waals surface area contributed by atoms with E-state index in [1.807, 2.05) is 6.20 Å². The molecular weight excluding hydrogens is 318 g/mol.